The number of benzene rings is 1. The zero-order valence-electron chi connectivity index (χ0n) is 20.5. The minimum Gasteiger partial charge on any atom is -0.427 e. The molecule has 6 nitrogen and oxygen atoms in total. The van der Waals surface area contributed by atoms with E-state index in [1.165, 1.54) is 31.8 Å². The minimum absolute atomic E-state index is 0.0745. The van der Waals surface area contributed by atoms with Gasteiger partial charge in [0.05, 0.1) is 12.0 Å². The largest absolute Gasteiger partial charge is 0.427 e. The summed E-state index contributed by atoms with van der Waals surface area (Å²) in [5.74, 6) is 7.33. The lowest BCUT2D eigenvalue weighted by Crippen LogP contribution is -2.44. The van der Waals surface area contributed by atoms with Gasteiger partial charge in [-0.15, -0.1) is 0 Å². The molecular weight excluding hydrogens is 442 g/mol. The number of ether oxygens (including phenoxy) is 1. The van der Waals surface area contributed by atoms with Gasteiger partial charge in [-0.2, -0.15) is 0 Å². The Bertz CT molecular complexity index is 983. The van der Waals surface area contributed by atoms with E-state index in [2.05, 4.69) is 23.2 Å². The quantitative estimate of drug-likeness (QED) is 0.240. The average Bonchev–Trinajstić information content (AvgIpc) is 2.83. The Labute approximate surface area is 208 Å². The first-order chi connectivity index (χ1) is 16.9. The van der Waals surface area contributed by atoms with Crippen molar-refractivity contribution >= 4 is 17.6 Å². The van der Waals surface area contributed by atoms with E-state index < -0.39 is 12.2 Å². The Hall–Kier alpha value is -2.62. The van der Waals surface area contributed by atoms with Gasteiger partial charge < -0.3 is 20.3 Å². The topological polar surface area (TPSA) is 95.9 Å². The molecule has 35 heavy (non-hydrogen) atoms. The summed E-state index contributed by atoms with van der Waals surface area (Å²) in [6, 6.07) is 6.73. The van der Waals surface area contributed by atoms with Gasteiger partial charge in [0.1, 0.15) is 11.9 Å². The number of aliphatic hydroxyl groups is 2. The van der Waals surface area contributed by atoms with E-state index in [4.69, 9.17) is 4.74 Å². The molecule has 3 fully saturated rings. The van der Waals surface area contributed by atoms with Gasteiger partial charge in [-0.25, -0.2) is 0 Å². The number of anilines is 1. The molecule has 4 rings (SSSR count). The number of rotatable bonds is 6. The molecule has 0 saturated heterocycles. The summed E-state index contributed by atoms with van der Waals surface area (Å²) in [6.45, 7) is 1.44. The van der Waals surface area contributed by atoms with Crippen LogP contribution in [0.5, 0.6) is 5.75 Å². The summed E-state index contributed by atoms with van der Waals surface area (Å²) in [5, 5.41) is 23.8. The van der Waals surface area contributed by atoms with Crippen LogP contribution in [0.3, 0.4) is 0 Å². The maximum atomic E-state index is 12.2. The van der Waals surface area contributed by atoms with Gasteiger partial charge >= 0.3 is 5.97 Å². The molecule has 5 atom stereocenters. The third kappa shape index (κ3) is 6.74. The lowest BCUT2D eigenvalue weighted by molar-refractivity contribution is -0.134. The Morgan fingerprint density at radius 3 is 2.60 bits per heavy atom. The lowest BCUT2D eigenvalue weighted by Gasteiger charge is -2.48. The van der Waals surface area contributed by atoms with E-state index in [1.807, 2.05) is 0 Å². The molecule has 0 radical (unpaired) electrons. The Morgan fingerprint density at radius 1 is 1.14 bits per heavy atom. The number of carbonyl (C=O) groups is 2. The van der Waals surface area contributed by atoms with Crippen molar-refractivity contribution in [3.8, 4) is 17.6 Å². The van der Waals surface area contributed by atoms with E-state index in [1.54, 1.807) is 24.3 Å². The number of nitrogens with one attached hydrogen (secondary N) is 1. The van der Waals surface area contributed by atoms with Gasteiger partial charge in [0.2, 0.25) is 5.91 Å². The number of fused-ring (bicyclic) bond motifs is 1. The summed E-state index contributed by atoms with van der Waals surface area (Å²) in [4.78, 5) is 23.3. The van der Waals surface area contributed by atoms with Gasteiger partial charge in [0.25, 0.3) is 0 Å². The molecule has 0 heterocycles. The monoisotopic (exact) mass is 479 g/mol. The van der Waals surface area contributed by atoms with E-state index >= 15 is 0 Å². The third-order valence-corrected chi connectivity index (χ3v) is 7.77. The molecule has 0 spiro atoms. The highest BCUT2D eigenvalue weighted by atomic mass is 16.5. The fourth-order valence-electron chi connectivity index (χ4n) is 5.83. The molecule has 6 heteroatoms. The van der Waals surface area contributed by atoms with Gasteiger partial charge in [0, 0.05) is 19.0 Å². The molecule has 3 N–H and O–H groups in total. The predicted octanol–water partition coefficient (Wildman–Crippen LogP) is 4.61. The van der Waals surface area contributed by atoms with Crippen molar-refractivity contribution in [3.63, 3.8) is 0 Å². The number of amides is 1. The van der Waals surface area contributed by atoms with Gasteiger partial charge in [0.15, 0.2) is 0 Å². The van der Waals surface area contributed by atoms with E-state index in [0.717, 1.165) is 32.1 Å². The molecule has 1 unspecified atom stereocenters. The molecule has 1 amide bonds. The van der Waals surface area contributed by atoms with E-state index in [9.17, 15) is 19.8 Å². The molecular formula is C29H37NO5. The van der Waals surface area contributed by atoms with Crippen molar-refractivity contribution < 1.29 is 24.5 Å². The highest BCUT2D eigenvalue weighted by Gasteiger charge is 2.46. The fraction of sp³-hybridized carbons (Fsp3) is 0.586. The minimum atomic E-state index is -0.578. The Balaban J connectivity index is 1.24. The second-order valence-electron chi connectivity index (χ2n) is 10.3. The van der Waals surface area contributed by atoms with Crippen LogP contribution in [0.2, 0.25) is 0 Å². The van der Waals surface area contributed by atoms with Crippen LogP contribution in [0.1, 0.15) is 71.1 Å². The maximum Gasteiger partial charge on any atom is 0.311 e. The average molecular weight is 480 g/mol. The lowest BCUT2D eigenvalue weighted by atomic mass is 9.57. The number of allylic oxidation sites excluding steroid dienone is 2. The fourth-order valence-corrected chi connectivity index (χ4v) is 5.83. The second kappa shape index (κ2) is 11.9. The first-order valence-corrected chi connectivity index (χ1v) is 13.0. The third-order valence-electron chi connectivity index (χ3n) is 7.77. The van der Waals surface area contributed by atoms with Crippen LogP contribution in [0.4, 0.5) is 5.69 Å². The summed E-state index contributed by atoms with van der Waals surface area (Å²) in [5.41, 5.74) is 2.01. The zero-order chi connectivity index (χ0) is 24.8. The SMILES string of the molecule is CC(=O)Nc1ccc(OC(=O)CC/C=C2/C[C@@H]3[C@@H](C#CC(O)C4CCCCC4)[C@H](O)CC[C@H]23)cc1. The van der Waals surface area contributed by atoms with Crippen molar-refractivity contribution in [2.75, 3.05) is 5.32 Å². The van der Waals surface area contributed by atoms with Crippen LogP contribution >= 0.6 is 0 Å². The molecule has 0 bridgehead atoms. The number of hydrogen-bond donors (Lipinski definition) is 3. The summed E-state index contributed by atoms with van der Waals surface area (Å²) >= 11 is 0. The van der Waals surface area contributed by atoms with Crippen LogP contribution in [-0.2, 0) is 9.59 Å². The molecule has 0 aliphatic heterocycles. The van der Waals surface area contributed by atoms with Crippen molar-refractivity contribution in [1.29, 1.82) is 0 Å². The Kier molecular flexibility index (Phi) is 8.64. The van der Waals surface area contributed by atoms with E-state index in [0.29, 0.717) is 36.1 Å². The highest BCUT2D eigenvalue weighted by Crippen LogP contribution is 2.51. The summed E-state index contributed by atoms with van der Waals surface area (Å²) in [7, 11) is 0. The van der Waals surface area contributed by atoms with Crippen molar-refractivity contribution in [2.24, 2.45) is 23.7 Å². The summed E-state index contributed by atoms with van der Waals surface area (Å²) in [6.07, 6.45) is 10.4. The second-order valence-corrected chi connectivity index (χ2v) is 10.3. The standard InChI is InChI=1S/C29H37NO5/c1-19(31)30-22-10-12-23(13-11-22)35-29(34)9-5-8-21-18-26-24(21)14-17-28(33)25(26)15-16-27(32)20-6-3-2-4-7-20/h8,10-13,20,24-28,32-33H,2-7,9,14,17-18H2,1H3,(H,30,31)/b21-8-/t24-,25-,26+,27?,28-/m1/s1. The molecule has 1 aromatic rings. The maximum absolute atomic E-state index is 12.2. The van der Waals surface area contributed by atoms with Crippen molar-refractivity contribution in [1.82, 2.24) is 0 Å². The molecule has 1 aromatic carbocycles. The van der Waals surface area contributed by atoms with Crippen molar-refractivity contribution in [3.05, 3.63) is 35.9 Å². The molecule has 3 aliphatic rings. The molecule has 3 aliphatic carbocycles. The van der Waals surface area contributed by atoms with Crippen LogP contribution in [0, 0.1) is 35.5 Å². The number of esters is 1. The summed E-state index contributed by atoms with van der Waals surface area (Å²) < 4.78 is 5.39. The van der Waals surface area contributed by atoms with Gasteiger partial charge in [-0.1, -0.05) is 42.8 Å². The smallest absolute Gasteiger partial charge is 0.311 e. The van der Waals surface area contributed by atoms with E-state index in [-0.39, 0.29) is 23.7 Å². The number of hydrogen-bond acceptors (Lipinski definition) is 5. The zero-order valence-corrected chi connectivity index (χ0v) is 20.5. The van der Waals surface area contributed by atoms with Crippen LogP contribution < -0.4 is 10.1 Å². The first kappa shape index (κ1) is 25.5. The molecule has 3 saturated carbocycles. The van der Waals surface area contributed by atoms with Crippen LogP contribution in [0.25, 0.3) is 0 Å². The van der Waals surface area contributed by atoms with Gasteiger partial charge in [-0.05, 0) is 80.5 Å². The Morgan fingerprint density at radius 2 is 1.89 bits per heavy atom. The van der Waals surface area contributed by atoms with Crippen molar-refractivity contribution in [2.45, 2.75) is 83.3 Å². The normalized spacial score (nSPS) is 28.1. The first-order valence-electron chi connectivity index (χ1n) is 13.0. The molecule has 0 aromatic heterocycles. The van der Waals surface area contributed by atoms with Crippen LogP contribution in [-0.4, -0.2) is 34.3 Å². The number of aliphatic hydroxyl groups excluding tert-OH is 2. The van der Waals surface area contributed by atoms with Gasteiger partial charge in [-0.3, -0.25) is 9.59 Å². The highest BCUT2D eigenvalue weighted by molar-refractivity contribution is 5.88. The number of carbonyl (C=O) groups excluding carboxylic acids is 2. The molecule has 188 valence electrons. The predicted molar refractivity (Wildman–Crippen MR) is 134 cm³/mol. The van der Waals surface area contributed by atoms with Crippen LogP contribution in [0.15, 0.2) is 35.9 Å².